The maximum Gasteiger partial charge on any atom is 0.433 e. The smallest absolute Gasteiger partial charge is 0.433 e. The fourth-order valence-electron chi connectivity index (χ4n) is 1.70. The number of alkyl halides is 3. The normalized spacial score (nSPS) is 11.1. The molecule has 0 aliphatic heterocycles. The SMILES string of the molecule is N#Cc1cccc(-c2n[nH]c(C(F)(F)F)c2C(=O)O)c1. The lowest BCUT2D eigenvalue weighted by Crippen LogP contribution is -2.12. The molecule has 0 bridgehead atoms. The maximum atomic E-state index is 12.7. The number of aromatic carboxylic acids is 1. The van der Waals surface area contributed by atoms with Crippen LogP contribution in [0.2, 0.25) is 0 Å². The van der Waals surface area contributed by atoms with Gasteiger partial charge in [0.1, 0.15) is 11.3 Å². The summed E-state index contributed by atoms with van der Waals surface area (Å²) in [5, 5.41) is 22.8. The van der Waals surface area contributed by atoms with E-state index in [2.05, 4.69) is 5.10 Å². The van der Waals surface area contributed by atoms with E-state index in [0.29, 0.717) is 0 Å². The van der Waals surface area contributed by atoms with Crippen molar-refractivity contribution >= 4 is 5.97 Å². The number of rotatable bonds is 2. The molecule has 2 rings (SSSR count). The van der Waals surface area contributed by atoms with Gasteiger partial charge in [0, 0.05) is 5.56 Å². The Bertz CT molecular complexity index is 713. The third kappa shape index (κ3) is 2.33. The van der Waals surface area contributed by atoms with Crippen molar-refractivity contribution in [2.75, 3.05) is 0 Å². The van der Waals surface area contributed by atoms with Gasteiger partial charge in [-0.05, 0) is 12.1 Å². The minimum atomic E-state index is -4.86. The van der Waals surface area contributed by atoms with E-state index in [4.69, 9.17) is 10.4 Å². The number of nitriles is 1. The van der Waals surface area contributed by atoms with Gasteiger partial charge in [0.25, 0.3) is 0 Å². The Hall–Kier alpha value is -2.82. The number of carboxylic acid groups (broad SMARTS) is 1. The lowest BCUT2D eigenvalue weighted by atomic mass is 10.0. The number of halogens is 3. The highest BCUT2D eigenvalue weighted by Gasteiger charge is 2.39. The van der Waals surface area contributed by atoms with E-state index in [9.17, 15) is 18.0 Å². The highest BCUT2D eigenvalue weighted by Crippen LogP contribution is 2.35. The number of benzene rings is 1. The van der Waals surface area contributed by atoms with E-state index < -0.39 is 23.4 Å². The molecular weight excluding hydrogens is 275 g/mol. The fourth-order valence-corrected chi connectivity index (χ4v) is 1.70. The quantitative estimate of drug-likeness (QED) is 0.885. The van der Waals surface area contributed by atoms with Crippen molar-refractivity contribution in [3.05, 3.63) is 41.1 Å². The molecule has 8 heteroatoms. The molecule has 0 unspecified atom stereocenters. The van der Waals surface area contributed by atoms with Gasteiger partial charge in [-0.15, -0.1) is 0 Å². The summed E-state index contributed by atoms with van der Waals surface area (Å²) in [6.45, 7) is 0. The molecule has 1 aromatic carbocycles. The second-order valence-corrected chi connectivity index (χ2v) is 3.82. The van der Waals surface area contributed by atoms with Crippen molar-refractivity contribution in [1.82, 2.24) is 10.2 Å². The van der Waals surface area contributed by atoms with Crippen LogP contribution in [0.5, 0.6) is 0 Å². The number of nitrogens with one attached hydrogen (secondary N) is 1. The second kappa shape index (κ2) is 4.70. The Morgan fingerprint density at radius 1 is 1.40 bits per heavy atom. The van der Waals surface area contributed by atoms with Gasteiger partial charge in [-0.1, -0.05) is 12.1 Å². The molecule has 0 fully saturated rings. The van der Waals surface area contributed by atoms with Crippen LogP contribution >= 0.6 is 0 Å². The molecule has 0 aliphatic rings. The molecule has 0 radical (unpaired) electrons. The van der Waals surface area contributed by atoms with Crippen LogP contribution in [0.15, 0.2) is 24.3 Å². The standard InChI is InChI=1S/C12H6F3N3O2/c13-12(14,15)10-8(11(19)20)9(17-18-10)7-3-1-2-6(4-7)5-16/h1-4H,(H,17,18)(H,19,20). The Morgan fingerprint density at radius 2 is 2.10 bits per heavy atom. The zero-order chi connectivity index (χ0) is 14.9. The summed E-state index contributed by atoms with van der Waals surface area (Å²) < 4.78 is 38.1. The fraction of sp³-hybridized carbons (Fsp3) is 0.0833. The predicted octanol–water partition coefficient (Wildman–Crippen LogP) is 2.67. The van der Waals surface area contributed by atoms with E-state index in [1.165, 1.54) is 24.3 Å². The maximum absolute atomic E-state index is 12.7. The molecule has 0 amide bonds. The van der Waals surface area contributed by atoms with Crippen LogP contribution in [0.4, 0.5) is 13.2 Å². The summed E-state index contributed by atoms with van der Waals surface area (Å²) in [7, 11) is 0. The van der Waals surface area contributed by atoms with Crippen LogP contribution in [0.1, 0.15) is 21.6 Å². The molecule has 2 aromatic rings. The van der Waals surface area contributed by atoms with Crippen LogP contribution in [0.3, 0.4) is 0 Å². The van der Waals surface area contributed by atoms with E-state index in [1.54, 1.807) is 5.10 Å². The minimum absolute atomic E-state index is 0.119. The minimum Gasteiger partial charge on any atom is -0.478 e. The summed E-state index contributed by atoms with van der Waals surface area (Å²) in [5.74, 6) is -1.75. The van der Waals surface area contributed by atoms with Gasteiger partial charge in [-0.25, -0.2) is 4.79 Å². The zero-order valence-corrected chi connectivity index (χ0v) is 9.69. The van der Waals surface area contributed by atoms with Gasteiger partial charge in [0.2, 0.25) is 0 Å². The second-order valence-electron chi connectivity index (χ2n) is 3.82. The van der Waals surface area contributed by atoms with Crippen LogP contribution in [-0.4, -0.2) is 21.3 Å². The third-order valence-corrected chi connectivity index (χ3v) is 2.53. The molecule has 5 nitrogen and oxygen atoms in total. The Morgan fingerprint density at radius 3 is 2.65 bits per heavy atom. The largest absolute Gasteiger partial charge is 0.478 e. The summed E-state index contributed by atoms with van der Waals surface area (Å²) >= 11 is 0. The lowest BCUT2D eigenvalue weighted by molar-refractivity contribution is -0.141. The number of H-pyrrole nitrogens is 1. The Labute approximate surface area is 110 Å². The van der Waals surface area contributed by atoms with Crippen LogP contribution in [-0.2, 0) is 6.18 Å². The van der Waals surface area contributed by atoms with Crippen molar-refractivity contribution in [3.8, 4) is 17.3 Å². The molecule has 1 heterocycles. The average Bonchev–Trinajstić information content (AvgIpc) is 2.83. The van der Waals surface area contributed by atoms with Gasteiger partial charge >= 0.3 is 12.1 Å². The first kappa shape index (κ1) is 13.6. The van der Waals surface area contributed by atoms with Gasteiger partial charge < -0.3 is 5.11 Å². The molecule has 0 aliphatic carbocycles. The topological polar surface area (TPSA) is 89.8 Å². The number of nitrogens with zero attached hydrogens (tertiary/aromatic N) is 2. The highest BCUT2D eigenvalue weighted by molar-refractivity contribution is 5.96. The number of carbonyl (C=O) groups is 1. The highest BCUT2D eigenvalue weighted by atomic mass is 19.4. The van der Waals surface area contributed by atoms with Gasteiger partial charge in [-0.3, -0.25) is 5.10 Å². The number of hydrogen-bond donors (Lipinski definition) is 2. The summed E-state index contributed by atoms with van der Waals surface area (Å²) in [6, 6.07) is 7.34. The molecule has 0 atom stereocenters. The van der Waals surface area contributed by atoms with E-state index >= 15 is 0 Å². The first-order valence-corrected chi connectivity index (χ1v) is 5.24. The molecule has 0 saturated heterocycles. The van der Waals surface area contributed by atoms with Gasteiger partial charge in [-0.2, -0.15) is 23.5 Å². The average molecular weight is 281 g/mol. The lowest BCUT2D eigenvalue weighted by Gasteiger charge is -2.05. The number of aromatic nitrogens is 2. The molecule has 102 valence electrons. The van der Waals surface area contributed by atoms with E-state index in [-0.39, 0.29) is 16.8 Å². The first-order valence-electron chi connectivity index (χ1n) is 5.24. The van der Waals surface area contributed by atoms with Crippen molar-refractivity contribution in [3.63, 3.8) is 0 Å². The van der Waals surface area contributed by atoms with Crippen LogP contribution in [0, 0.1) is 11.3 Å². The molecule has 20 heavy (non-hydrogen) atoms. The molecular formula is C12H6F3N3O2. The monoisotopic (exact) mass is 281 g/mol. The summed E-state index contributed by atoms with van der Waals surface area (Å²) in [4.78, 5) is 11.1. The zero-order valence-electron chi connectivity index (χ0n) is 9.69. The third-order valence-electron chi connectivity index (χ3n) is 2.53. The summed E-state index contributed by atoms with van der Waals surface area (Å²) in [6.07, 6.45) is -4.86. The van der Waals surface area contributed by atoms with Gasteiger partial charge in [0.05, 0.1) is 11.6 Å². The van der Waals surface area contributed by atoms with Crippen molar-refractivity contribution in [1.29, 1.82) is 5.26 Å². The van der Waals surface area contributed by atoms with Gasteiger partial charge in [0.15, 0.2) is 5.69 Å². The molecule has 0 saturated carbocycles. The van der Waals surface area contributed by atoms with Crippen molar-refractivity contribution < 1.29 is 23.1 Å². The van der Waals surface area contributed by atoms with Crippen molar-refractivity contribution in [2.24, 2.45) is 0 Å². The van der Waals surface area contributed by atoms with E-state index in [0.717, 1.165) is 0 Å². The Kier molecular flexibility index (Phi) is 3.19. The summed E-state index contributed by atoms with van der Waals surface area (Å²) in [5.41, 5.74) is -2.44. The van der Waals surface area contributed by atoms with E-state index in [1.807, 2.05) is 6.07 Å². The Balaban J connectivity index is 2.67. The number of aromatic amines is 1. The first-order chi connectivity index (χ1) is 9.34. The predicted molar refractivity (Wildman–Crippen MR) is 60.7 cm³/mol. The van der Waals surface area contributed by atoms with Crippen molar-refractivity contribution in [2.45, 2.75) is 6.18 Å². The molecule has 0 spiro atoms. The number of carboxylic acids is 1. The van der Waals surface area contributed by atoms with Crippen LogP contribution in [0.25, 0.3) is 11.3 Å². The molecule has 2 N–H and O–H groups in total. The number of hydrogen-bond acceptors (Lipinski definition) is 3. The van der Waals surface area contributed by atoms with Crippen LogP contribution < -0.4 is 0 Å². The molecule has 1 aromatic heterocycles.